The average molecular weight is 476 g/mol. The summed E-state index contributed by atoms with van der Waals surface area (Å²) in [6.07, 6.45) is 0. The van der Waals surface area contributed by atoms with Gasteiger partial charge in [-0.1, -0.05) is 53.7 Å². The first-order valence-corrected chi connectivity index (χ1v) is 11.7. The van der Waals surface area contributed by atoms with Crippen molar-refractivity contribution in [1.82, 2.24) is 14.5 Å². The molecule has 0 aliphatic carbocycles. The molecule has 1 aromatic heterocycles. The summed E-state index contributed by atoms with van der Waals surface area (Å²) in [5.74, 6) is -0.216. The summed E-state index contributed by atoms with van der Waals surface area (Å²) in [7, 11) is 0. The zero-order valence-electron chi connectivity index (χ0n) is 17.6. The molecule has 0 bridgehead atoms. The Hall–Kier alpha value is -3.42. The molecule has 2 heterocycles. The molecule has 2 amide bonds. The summed E-state index contributed by atoms with van der Waals surface area (Å²) < 4.78 is 1.58. The third-order valence-corrected chi connectivity index (χ3v) is 6.74. The molecule has 0 spiro atoms. The first-order chi connectivity index (χ1) is 16.0. The number of carbonyl (C=O) groups excluding carboxylic acids is 2. The standard InChI is InChI=1S/C25H18ClN3O3S/c1-15-6-2-5-9-21(15)29-24(32)19-11-10-16(26)14-20(19)27-25(29)33-13-12-28-22(30)17-7-3-4-8-18(17)23(28)31/h2-11,14H,12-13H2,1H3. The molecule has 8 heteroatoms. The maximum absolute atomic E-state index is 13.4. The number of para-hydroxylation sites is 1. The number of hydrogen-bond acceptors (Lipinski definition) is 5. The van der Waals surface area contributed by atoms with Crippen LogP contribution in [0.4, 0.5) is 0 Å². The highest BCUT2D eigenvalue weighted by Gasteiger charge is 2.34. The molecule has 0 fully saturated rings. The predicted octanol–water partition coefficient (Wildman–Crippen LogP) is 4.74. The molecule has 1 aliphatic heterocycles. The van der Waals surface area contributed by atoms with Crippen LogP contribution in [0.3, 0.4) is 0 Å². The lowest BCUT2D eigenvalue weighted by Gasteiger charge is -2.17. The van der Waals surface area contributed by atoms with Crippen LogP contribution in [0.1, 0.15) is 26.3 Å². The van der Waals surface area contributed by atoms with Crippen molar-refractivity contribution in [3.8, 4) is 5.69 Å². The fourth-order valence-corrected chi connectivity index (χ4v) is 5.03. The molecule has 4 aromatic rings. The van der Waals surface area contributed by atoms with Crippen LogP contribution in [0.5, 0.6) is 0 Å². The van der Waals surface area contributed by atoms with Gasteiger partial charge in [0.05, 0.1) is 27.7 Å². The third-order valence-electron chi connectivity index (χ3n) is 5.58. The van der Waals surface area contributed by atoms with E-state index in [2.05, 4.69) is 0 Å². The number of thioether (sulfide) groups is 1. The molecule has 164 valence electrons. The second-order valence-electron chi connectivity index (χ2n) is 7.64. The zero-order chi connectivity index (χ0) is 23.1. The van der Waals surface area contributed by atoms with Crippen molar-refractivity contribution in [2.45, 2.75) is 12.1 Å². The number of imide groups is 1. The van der Waals surface area contributed by atoms with E-state index in [-0.39, 0.29) is 23.9 Å². The van der Waals surface area contributed by atoms with Crippen LogP contribution < -0.4 is 5.56 Å². The van der Waals surface area contributed by atoms with Gasteiger partial charge < -0.3 is 0 Å². The number of carbonyl (C=O) groups is 2. The number of aromatic nitrogens is 2. The molecule has 0 saturated carbocycles. The molecular weight excluding hydrogens is 458 g/mol. The Kier molecular flexibility index (Phi) is 5.52. The number of nitrogens with zero attached hydrogens (tertiary/aromatic N) is 3. The first kappa shape index (κ1) is 21.4. The summed E-state index contributed by atoms with van der Waals surface area (Å²) in [6.45, 7) is 2.13. The Bertz CT molecular complexity index is 1460. The van der Waals surface area contributed by atoms with Crippen LogP contribution in [0.25, 0.3) is 16.6 Å². The van der Waals surface area contributed by atoms with E-state index in [9.17, 15) is 14.4 Å². The Morgan fingerprint density at radius 2 is 1.58 bits per heavy atom. The van der Waals surface area contributed by atoms with E-state index in [0.29, 0.717) is 38.0 Å². The highest BCUT2D eigenvalue weighted by molar-refractivity contribution is 7.99. The minimum atomic E-state index is -0.300. The van der Waals surface area contributed by atoms with Crippen LogP contribution >= 0.6 is 23.4 Å². The number of amides is 2. The van der Waals surface area contributed by atoms with Gasteiger partial charge in [-0.25, -0.2) is 4.98 Å². The number of hydrogen-bond donors (Lipinski definition) is 0. The highest BCUT2D eigenvalue weighted by Crippen LogP contribution is 2.26. The third kappa shape index (κ3) is 3.73. The highest BCUT2D eigenvalue weighted by atomic mass is 35.5. The lowest BCUT2D eigenvalue weighted by Crippen LogP contribution is -2.32. The van der Waals surface area contributed by atoms with Crippen molar-refractivity contribution in [2.24, 2.45) is 0 Å². The van der Waals surface area contributed by atoms with Gasteiger partial charge in [0.25, 0.3) is 17.4 Å². The number of halogens is 1. The van der Waals surface area contributed by atoms with Gasteiger partial charge in [0.1, 0.15) is 0 Å². The van der Waals surface area contributed by atoms with Crippen molar-refractivity contribution < 1.29 is 9.59 Å². The van der Waals surface area contributed by atoms with Crippen LogP contribution in [0.15, 0.2) is 76.7 Å². The van der Waals surface area contributed by atoms with Gasteiger partial charge in [0, 0.05) is 17.3 Å². The molecule has 1 aliphatic rings. The minimum absolute atomic E-state index is 0.200. The summed E-state index contributed by atoms with van der Waals surface area (Å²) in [6, 6.07) is 19.4. The summed E-state index contributed by atoms with van der Waals surface area (Å²) >= 11 is 7.45. The van der Waals surface area contributed by atoms with E-state index >= 15 is 0 Å². The first-order valence-electron chi connectivity index (χ1n) is 10.3. The number of benzene rings is 3. The number of rotatable bonds is 5. The van der Waals surface area contributed by atoms with Crippen molar-refractivity contribution in [1.29, 1.82) is 0 Å². The topological polar surface area (TPSA) is 72.3 Å². The monoisotopic (exact) mass is 475 g/mol. The fraction of sp³-hybridized carbons (Fsp3) is 0.120. The van der Waals surface area contributed by atoms with E-state index in [1.165, 1.54) is 16.7 Å². The van der Waals surface area contributed by atoms with E-state index in [1.807, 2.05) is 31.2 Å². The Morgan fingerprint density at radius 1 is 0.909 bits per heavy atom. The Morgan fingerprint density at radius 3 is 2.27 bits per heavy atom. The molecule has 0 saturated heterocycles. The normalized spacial score (nSPS) is 13.1. The molecule has 0 atom stereocenters. The van der Waals surface area contributed by atoms with Gasteiger partial charge in [-0.15, -0.1) is 0 Å². The van der Waals surface area contributed by atoms with Gasteiger partial charge in [-0.05, 0) is 48.9 Å². The lowest BCUT2D eigenvalue weighted by molar-refractivity contribution is 0.0664. The minimum Gasteiger partial charge on any atom is -0.273 e. The van der Waals surface area contributed by atoms with Crippen LogP contribution in [-0.2, 0) is 0 Å². The Labute approximate surface area is 198 Å². The van der Waals surface area contributed by atoms with E-state index in [0.717, 1.165) is 11.3 Å². The smallest absolute Gasteiger partial charge is 0.266 e. The molecule has 0 radical (unpaired) electrons. The maximum atomic E-state index is 13.4. The van der Waals surface area contributed by atoms with Crippen molar-refractivity contribution >= 4 is 46.1 Å². The summed E-state index contributed by atoms with van der Waals surface area (Å²) in [5, 5.41) is 1.43. The van der Waals surface area contributed by atoms with Gasteiger partial charge >= 0.3 is 0 Å². The molecule has 33 heavy (non-hydrogen) atoms. The van der Waals surface area contributed by atoms with Gasteiger partial charge in [0.15, 0.2) is 5.16 Å². The maximum Gasteiger partial charge on any atom is 0.266 e. The number of fused-ring (bicyclic) bond motifs is 2. The van der Waals surface area contributed by atoms with Gasteiger partial charge in [0.2, 0.25) is 0 Å². The van der Waals surface area contributed by atoms with Crippen molar-refractivity contribution in [3.63, 3.8) is 0 Å². The van der Waals surface area contributed by atoms with Crippen LogP contribution in [0.2, 0.25) is 5.02 Å². The molecule has 5 rings (SSSR count). The molecule has 0 unspecified atom stereocenters. The summed E-state index contributed by atoms with van der Waals surface area (Å²) in [4.78, 5) is 44.7. The lowest BCUT2D eigenvalue weighted by atomic mass is 10.1. The van der Waals surface area contributed by atoms with E-state index < -0.39 is 0 Å². The summed E-state index contributed by atoms with van der Waals surface area (Å²) in [5.41, 5.74) is 2.80. The second kappa shape index (κ2) is 8.50. The quantitative estimate of drug-likeness (QED) is 0.237. The zero-order valence-corrected chi connectivity index (χ0v) is 19.2. The van der Waals surface area contributed by atoms with Gasteiger partial charge in [-0.3, -0.25) is 23.9 Å². The largest absolute Gasteiger partial charge is 0.273 e. The van der Waals surface area contributed by atoms with Crippen molar-refractivity contribution in [2.75, 3.05) is 12.3 Å². The second-order valence-corrected chi connectivity index (χ2v) is 9.14. The van der Waals surface area contributed by atoms with E-state index in [4.69, 9.17) is 16.6 Å². The molecule has 0 N–H and O–H groups in total. The molecule has 6 nitrogen and oxygen atoms in total. The fourth-order valence-electron chi connectivity index (χ4n) is 3.93. The van der Waals surface area contributed by atoms with Crippen LogP contribution in [-0.4, -0.2) is 38.6 Å². The number of aryl methyl sites for hydroxylation is 1. The van der Waals surface area contributed by atoms with Crippen molar-refractivity contribution in [3.05, 3.63) is 98.8 Å². The van der Waals surface area contributed by atoms with Gasteiger partial charge in [-0.2, -0.15) is 0 Å². The molecule has 3 aromatic carbocycles. The van der Waals surface area contributed by atoms with E-state index in [1.54, 1.807) is 47.0 Å². The average Bonchev–Trinajstić information content (AvgIpc) is 3.05. The predicted molar refractivity (Wildman–Crippen MR) is 130 cm³/mol. The Balaban J connectivity index is 1.50. The van der Waals surface area contributed by atoms with Crippen LogP contribution in [0, 0.1) is 6.92 Å². The SMILES string of the molecule is Cc1ccccc1-n1c(SCCN2C(=O)c3ccccc3C2=O)nc2cc(Cl)ccc2c1=O. The molecular formula is C25H18ClN3O3S.